The molecular weight excluding hydrogens is 334 g/mol. The van der Waals surface area contributed by atoms with Crippen LogP contribution in [0.4, 0.5) is 0 Å². The van der Waals surface area contributed by atoms with E-state index in [1.54, 1.807) is 6.92 Å². The zero-order valence-electron chi connectivity index (χ0n) is 16.1. The van der Waals surface area contributed by atoms with Gasteiger partial charge in [-0.3, -0.25) is 4.79 Å². The SMILES string of the molecule is CC(C)=CCO[C@@H]1COCC[C@H]1NC(=O)CCc1c(C)nc(=O)[nH]c1C. The molecule has 2 rings (SSSR count). The normalized spacial score (nSPS) is 19.8. The Bertz CT molecular complexity index is 681. The number of aryl methyl sites for hydroxylation is 2. The summed E-state index contributed by atoms with van der Waals surface area (Å²) in [5.41, 5.74) is 3.20. The zero-order chi connectivity index (χ0) is 19.1. The van der Waals surface area contributed by atoms with Gasteiger partial charge in [0.2, 0.25) is 5.91 Å². The highest BCUT2D eigenvalue weighted by Crippen LogP contribution is 2.14. The van der Waals surface area contributed by atoms with Gasteiger partial charge in [0.05, 0.1) is 19.3 Å². The lowest BCUT2D eigenvalue weighted by Gasteiger charge is -2.32. The van der Waals surface area contributed by atoms with Crippen LogP contribution in [0.1, 0.15) is 43.6 Å². The van der Waals surface area contributed by atoms with Gasteiger partial charge in [0.15, 0.2) is 0 Å². The molecule has 0 aromatic carbocycles. The van der Waals surface area contributed by atoms with Gasteiger partial charge in [-0.05, 0) is 46.1 Å². The third-order valence-electron chi connectivity index (χ3n) is 4.51. The highest BCUT2D eigenvalue weighted by atomic mass is 16.5. The molecule has 2 atom stereocenters. The Balaban J connectivity index is 1.89. The summed E-state index contributed by atoms with van der Waals surface area (Å²) >= 11 is 0. The number of aromatic amines is 1. The van der Waals surface area contributed by atoms with Crippen LogP contribution in [0.25, 0.3) is 0 Å². The van der Waals surface area contributed by atoms with Crippen LogP contribution in [0.2, 0.25) is 0 Å². The van der Waals surface area contributed by atoms with E-state index in [4.69, 9.17) is 9.47 Å². The molecule has 1 aliphatic rings. The molecule has 1 aliphatic heterocycles. The molecule has 0 unspecified atom stereocenters. The van der Waals surface area contributed by atoms with E-state index in [2.05, 4.69) is 15.3 Å². The molecule has 26 heavy (non-hydrogen) atoms. The van der Waals surface area contributed by atoms with Crippen molar-refractivity contribution in [3.05, 3.63) is 39.1 Å². The van der Waals surface area contributed by atoms with Crippen LogP contribution in [0.5, 0.6) is 0 Å². The number of allylic oxidation sites excluding steroid dienone is 1. The number of carbonyl (C=O) groups excluding carboxylic acids is 1. The van der Waals surface area contributed by atoms with E-state index < -0.39 is 0 Å². The Hall–Kier alpha value is -1.99. The summed E-state index contributed by atoms with van der Waals surface area (Å²) in [6.07, 6.45) is 3.50. The quantitative estimate of drug-likeness (QED) is 0.718. The van der Waals surface area contributed by atoms with Crippen LogP contribution in [0.3, 0.4) is 0 Å². The Kier molecular flexibility index (Phi) is 7.53. The number of aromatic nitrogens is 2. The predicted octanol–water partition coefficient (Wildman–Crippen LogP) is 1.58. The second-order valence-corrected chi connectivity index (χ2v) is 6.92. The Labute approximate surface area is 154 Å². The molecular formula is C19H29N3O4. The first-order chi connectivity index (χ1) is 12.4. The standard InChI is InChI=1S/C19H29N3O4/c1-12(2)7-10-26-17-11-25-9-8-16(17)22-18(23)6-5-15-13(3)20-19(24)21-14(15)4/h7,16-17H,5-6,8-11H2,1-4H3,(H,22,23)(H,20,21,24)/t16-,17-/m1/s1. The average molecular weight is 363 g/mol. The number of ether oxygens (including phenoxy) is 2. The van der Waals surface area contributed by atoms with Crippen LogP contribution >= 0.6 is 0 Å². The summed E-state index contributed by atoms with van der Waals surface area (Å²) in [4.78, 5) is 30.3. The first-order valence-electron chi connectivity index (χ1n) is 9.05. The first-order valence-corrected chi connectivity index (χ1v) is 9.05. The summed E-state index contributed by atoms with van der Waals surface area (Å²) in [7, 11) is 0. The molecule has 0 spiro atoms. The van der Waals surface area contributed by atoms with E-state index in [9.17, 15) is 9.59 Å². The number of H-pyrrole nitrogens is 1. The largest absolute Gasteiger partial charge is 0.379 e. The number of hydrogen-bond acceptors (Lipinski definition) is 5. The molecule has 0 saturated carbocycles. The summed E-state index contributed by atoms with van der Waals surface area (Å²) in [5.74, 6) is -0.0299. The van der Waals surface area contributed by atoms with Crippen molar-refractivity contribution in [1.82, 2.24) is 15.3 Å². The van der Waals surface area contributed by atoms with Crippen LogP contribution in [-0.2, 0) is 20.7 Å². The Morgan fingerprint density at radius 3 is 2.88 bits per heavy atom. The summed E-state index contributed by atoms with van der Waals surface area (Å²) in [6.45, 7) is 9.30. The van der Waals surface area contributed by atoms with Crippen LogP contribution in [-0.4, -0.2) is 47.8 Å². The summed E-state index contributed by atoms with van der Waals surface area (Å²) < 4.78 is 11.3. The van der Waals surface area contributed by atoms with Crippen LogP contribution < -0.4 is 11.0 Å². The van der Waals surface area contributed by atoms with E-state index in [0.717, 1.165) is 17.7 Å². The van der Waals surface area contributed by atoms with Crippen molar-refractivity contribution >= 4 is 5.91 Å². The maximum absolute atomic E-state index is 12.4. The predicted molar refractivity (Wildman–Crippen MR) is 99.2 cm³/mol. The molecule has 0 aliphatic carbocycles. The van der Waals surface area contributed by atoms with E-state index in [-0.39, 0.29) is 23.7 Å². The molecule has 1 fully saturated rings. The van der Waals surface area contributed by atoms with Gasteiger partial charge in [-0.25, -0.2) is 4.79 Å². The Morgan fingerprint density at radius 1 is 1.42 bits per heavy atom. The van der Waals surface area contributed by atoms with Gasteiger partial charge in [-0.15, -0.1) is 0 Å². The topological polar surface area (TPSA) is 93.3 Å². The van der Waals surface area contributed by atoms with Gasteiger partial charge in [-0.1, -0.05) is 11.6 Å². The molecule has 7 nitrogen and oxygen atoms in total. The van der Waals surface area contributed by atoms with Gasteiger partial charge in [0.25, 0.3) is 0 Å². The number of nitrogens with one attached hydrogen (secondary N) is 2. The van der Waals surface area contributed by atoms with Gasteiger partial charge in [0, 0.05) is 24.4 Å². The Morgan fingerprint density at radius 2 is 2.19 bits per heavy atom. The maximum Gasteiger partial charge on any atom is 0.345 e. The lowest BCUT2D eigenvalue weighted by atomic mass is 10.0. The van der Waals surface area contributed by atoms with Crippen molar-refractivity contribution < 1.29 is 14.3 Å². The molecule has 0 bridgehead atoms. The fourth-order valence-electron chi connectivity index (χ4n) is 3.02. The van der Waals surface area contributed by atoms with Gasteiger partial charge >= 0.3 is 5.69 Å². The van der Waals surface area contributed by atoms with E-state index >= 15 is 0 Å². The molecule has 1 saturated heterocycles. The van der Waals surface area contributed by atoms with Crippen LogP contribution in [0.15, 0.2) is 16.4 Å². The lowest BCUT2D eigenvalue weighted by molar-refractivity contribution is -0.125. The fourth-order valence-corrected chi connectivity index (χ4v) is 3.02. The zero-order valence-corrected chi connectivity index (χ0v) is 16.1. The van der Waals surface area contributed by atoms with E-state index in [1.807, 2.05) is 26.8 Å². The van der Waals surface area contributed by atoms with Crippen molar-refractivity contribution in [2.24, 2.45) is 0 Å². The molecule has 1 aromatic rings. The van der Waals surface area contributed by atoms with Gasteiger partial charge in [0.1, 0.15) is 6.10 Å². The van der Waals surface area contributed by atoms with Gasteiger partial charge in [-0.2, -0.15) is 4.98 Å². The number of amides is 1. The van der Waals surface area contributed by atoms with Crippen molar-refractivity contribution in [3.8, 4) is 0 Å². The second kappa shape index (κ2) is 9.64. The summed E-state index contributed by atoms with van der Waals surface area (Å²) in [6, 6.07) is -0.0438. The molecule has 0 radical (unpaired) electrons. The smallest absolute Gasteiger partial charge is 0.345 e. The van der Waals surface area contributed by atoms with Gasteiger partial charge < -0.3 is 19.8 Å². The monoisotopic (exact) mass is 363 g/mol. The highest BCUT2D eigenvalue weighted by molar-refractivity contribution is 5.76. The third-order valence-corrected chi connectivity index (χ3v) is 4.51. The minimum absolute atomic E-state index is 0.0299. The number of rotatable bonds is 7. The molecule has 2 N–H and O–H groups in total. The number of nitrogens with zero attached hydrogens (tertiary/aromatic N) is 1. The van der Waals surface area contributed by atoms with Crippen molar-refractivity contribution in [2.75, 3.05) is 19.8 Å². The maximum atomic E-state index is 12.4. The minimum atomic E-state index is -0.355. The first kappa shape index (κ1) is 20.3. The van der Waals surface area contributed by atoms with Crippen LogP contribution in [0, 0.1) is 13.8 Å². The lowest BCUT2D eigenvalue weighted by Crippen LogP contribution is -2.50. The molecule has 144 valence electrons. The van der Waals surface area contributed by atoms with Crippen molar-refractivity contribution in [1.29, 1.82) is 0 Å². The van der Waals surface area contributed by atoms with Crippen molar-refractivity contribution in [3.63, 3.8) is 0 Å². The number of carbonyl (C=O) groups is 1. The average Bonchev–Trinajstić information content (AvgIpc) is 2.55. The van der Waals surface area contributed by atoms with E-state index in [0.29, 0.717) is 38.4 Å². The fraction of sp³-hybridized carbons (Fsp3) is 0.632. The van der Waals surface area contributed by atoms with E-state index in [1.165, 1.54) is 5.57 Å². The molecule has 7 heteroatoms. The molecule has 2 heterocycles. The minimum Gasteiger partial charge on any atom is -0.379 e. The highest BCUT2D eigenvalue weighted by Gasteiger charge is 2.27. The second-order valence-electron chi connectivity index (χ2n) is 6.92. The third kappa shape index (κ3) is 6.07. The van der Waals surface area contributed by atoms with Crippen molar-refractivity contribution in [2.45, 2.75) is 59.1 Å². The molecule has 1 amide bonds. The number of hydrogen-bond donors (Lipinski definition) is 2. The molecule has 1 aromatic heterocycles. The summed E-state index contributed by atoms with van der Waals surface area (Å²) in [5, 5.41) is 3.07.